The molecule has 3 rings (SSSR count). The van der Waals surface area contributed by atoms with Gasteiger partial charge in [-0.3, -0.25) is 9.36 Å². The van der Waals surface area contributed by atoms with E-state index in [4.69, 9.17) is 9.15 Å². The highest BCUT2D eigenvalue weighted by atomic mass is 32.1. The molecule has 168 valence electrons. The van der Waals surface area contributed by atoms with Crippen LogP contribution < -0.4 is 15.2 Å². The molecule has 2 heterocycles. The molecular weight excluding hydrogens is 435 g/mol. The van der Waals surface area contributed by atoms with Gasteiger partial charge in [0, 0.05) is 23.6 Å². The number of ether oxygens (including phenoxy) is 1. The second-order valence-corrected chi connectivity index (χ2v) is 7.89. The summed E-state index contributed by atoms with van der Waals surface area (Å²) in [7, 11) is 0. The fraction of sp³-hybridized carbons (Fsp3) is 0.429. The molecule has 1 aromatic carbocycles. The van der Waals surface area contributed by atoms with Gasteiger partial charge < -0.3 is 14.3 Å². The SMILES string of the molecule is CCCc1c(OCCCCCn2c(O)csc2=O)ccc2c(C(F)(F)F)cc(=O)oc12. The molecule has 31 heavy (non-hydrogen) atoms. The van der Waals surface area contributed by atoms with Crippen LogP contribution >= 0.6 is 11.3 Å². The molecule has 0 radical (unpaired) electrons. The average Bonchev–Trinajstić information content (AvgIpc) is 3.02. The van der Waals surface area contributed by atoms with Crippen molar-refractivity contribution in [1.82, 2.24) is 4.57 Å². The van der Waals surface area contributed by atoms with Crippen molar-refractivity contribution in [3.63, 3.8) is 0 Å². The predicted molar refractivity (Wildman–Crippen MR) is 111 cm³/mol. The lowest BCUT2D eigenvalue weighted by Crippen LogP contribution is -2.13. The molecule has 0 aliphatic carbocycles. The highest BCUT2D eigenvalue weighted by molar-refractivity contribution is 7.07. The minimum atomic E-state index is -4.67. The smallest absolute Gasteiger partial charge is 0.417 e. The molecule has 0 bridgehead atoms. The third-order valence-electron chi connectivity index (χ3n) is 4.82. The van der Waals surface area contributed by atoms with Crippen molar-refractivity contribution in [2.75, 3.05) is 6.61 Å². The van der Waals surface area contributed by atoms with E-state index in [9.17, 15) is 27.9 Å². The van der Waals surface area contributed by atoms with E-state index in [1.54, 1.807) is 0 Å². The molecule has 0 aliphatic heterocycles. The summed E-state index contributed by atoms with van der Waals surface area (Å²) >= 11 is 0.938. The summed E-state index contributed by atoms with van der Waals surface area (Å²) in [4.78, 5) is 23.1. The first kappa shape index (κ1) is 22.9. The number of hydrogen-bond donors (Lipinski definition) is 1. The number of aromatic hydroxyl groups is 1. The molecule has 0 amide bonds. The highest BCUT2D eigenvalue weighted by Gasteiger charge is 2.34. The topological polar surface area (TPSA) is 81.7 Å². The summed E-state index contributed by atoms with van der Waals surface area (Å²) in [6.45, 7) is 2.59. The van der Waals surface area contributed by atoms with E-state index in [1.807, 2.05) is 6.92 Å². The summed E-state index contributed by atoms with van der Waals surface area (Å²) in [6, 6.07) is 3.21. The van der Waals surface area contributed by atoms with Gasteiger partial charge in [0.25, 0.3) is 0 Å². The third-order valence-corrected chi connectivity index (χ3v) is 5.57. The Kier molecular flexibility index (Phi) is 7.09. The number of fused-ring (bicyclic) bond motifs is 1. The number of benzene rings is 1. The first-order chi connectivity index (χ1) is 14.7. The fourth-order valence-electron chi connectivity index (χ4n) is 3.38. The van der Waals surface area contributed by atoms with Gasteiger partial charge in [-0.05, 0) is 37.8 Å². The van der Waals surface area contributed by atoms with E-state index in [2.05, 4.69) is 0 Å². The summed E-state index contributed by atoms with van der Waals surface area (Å²) in [5.41, 5.74) is -1.72. The molecule has 10 heteroatoms. The molecule has 0 spiro atoms. The Morgan fingerprint density at radius 3 is 2.61 bits per heavy atom. The van der Waals surface area contributed by atoms with E-state index in [0.717, 1.165) is 17.8 Å². The molecule has 0 atom stereocenters. The van der Waals surface area contributed by atoms with Gasteiger partial charge in [0.1, 0.15) is 11.3 Å². The number of unbranched alkanes of at least 4 members (excludes halogenated alkanes) is 2. The van der Waals surface area contributed by atoms with Crippen LogP contribution in [0, 0.1) is 0 Å². The van der Waals surface area contributed by atoms with Crippen molar-refractivity contribution in [3.05, 3.63) is 54.8 Å². The quantitative estimate of drug-likeness (QED) is 0.364. The molecule has 3 aromatic rings. The minimum Gasteiger partial charge on any atom is -0.494 e. The zero-order chi connectivity index (χ0) is 22.6. The van der Waals surface area contributed by atoms with Crippen LogP contribution in [-0.4, -0.2) is 16.3 Å². The van der Waals surface area contributed by atoms with Gasteiger partial charge in [0.2, 0.25) is 5.88 Å². The second-order valence-electron chi connectivity index (χ2n) is 7.07. The van der Waals surface area contributed by atoms with Gasteiger partial charge in [-0.25, -0.2) is 4.79 Å². The third kappa shape index (κ3) is 5.30. The zero-order valence-electron chi connectivity index (χ0n) is 16.8. The summed E-state index contributed by atoms with van der Waals surface area (Å²) in [5, 5.41) is 10.8. The van der Waals surface area contributed by atoms with Crippen molar-refractivity contribution in [2.45, 2.75) is 51.7 Å². The maximum atomic E-state index is 13.3. The number of aryl methyl sites for hydroxylation is 1. The number of nitrogens with zero attached hydrogens (tertiary/aromatic N) is 1. The van der Waals surface area contributed by atoms with Crippen LogP contribution in [0.25, 0.3) is 11.0 Å². The fourth-order valence-corrected chi connectivity index (χ4v) is 4.03. The second kappa shape index (κ2) is 9.59. The first-order valence-electron chi connectivity index (χ1n) is 9.89. The number of halogens is 3. The molecule has 0 fully saturated rings. The van der Waals surface area contributed by atoms with Crippen LogP contribution in [0.3, 0.4) is 0 Å². The van der Waals surface area contributed by atoms with Crippen molar-refractivity contribution in [1.29, 1.82) is 0 Å². The van der Waals surface area contributed by atoms with Crippen LogP contribution in [0.5, 0.6) is 11.6 Å². The molecule has 1 N–H and O–H groups in total. The number of thiazole rings is 1. The van der Waals surface area contributed by atoms with Gasteiger partial charge >= 0.3 is 16.7 Å². The number of alkyl halides is 3. The Morgan fingerprint density at radius 2 is 1.97 bits per heavy atom. The van der Waals surface area contributed by atoms with Crippen LogP contribution in [0.2, 0.25) is 0 Å². The normalized spacial score (nSPS) is 11.9. The standard InChI is InChI=1S/C21H22F3NO5S/c1-2-6-14-16(29-10-5-3-4-9-25-17(26)12-31-20(25)28)8-7-13-15(21(22,23)24)11-18(27)30-19(13)14/h7-8,11-12,26H,2-6,9-10H2,1H3. The van der Waals surface area contributed by atoms with Crippen molar-refractivity contribution in [2.24, 2.45) is 0 Å². The minimum absolute atomic E-state index is 0.0497. The average molecular weight is 457 g/mol. The lowest BCUT2D eigenvalue weighted by Gasteiger charge is -2.15. The van der Waals surface area contributed by atoms with Crippen molar-refractivity contribution in [3.8, 4) is 11.6 Å². The van der Waals surface area contributed by atoms with Gasteiger partial charge in [0.05, 0.1) is 17.6 Å². The molecular formula is C21H22F3NO5S. The Hall–Kier alpha value is -2.75. The lowest BCUT2D eigenvalue weighted by molar-refractivity contribution is -0.136. The van der Waals surface area contributed by atoms with Crippen LogP contribution in [0.15, 0.2) is 37.6 Å². The maximum absolute atomic E-state index is 13.3. The van der Waals surface area contributed by atoms with E-state index < -0.39 is 17.4 Å². The lowest BCUT2D eigenvalue weighted by atomic mass is 10.0. The van der Waals surface area contributed by atoms with Gasteiger partial charge in [-0.1, -0.05) is 24.7 Å². The highest BCUT2D eigenvalue weighted by Crippen LogP contribution is 2.37. The van der Waals surface area contributed by atoms with Crippen molar-refractivity contribution < 1.29 is 27.4 Å². The monoisotopic (exact) mass is 457 g/mol. The van der Waals surface area contributed by atoms with Gasteiger partial charge in [-0.15, -0.1) is 0 Å². The Morgan fingerprint density at radius 1 is 1.19 bits per heavy atom. The molecule has 2 aromatic heterocycles. The largest absolute Gasteiger partial charge is 0.494 e. The van der Waals surface area contributed by atoms with Crippen LogP contribution in [0.1, 0.15) is 43.7 Å². The van der Waals surface area contributed by atoms with Gasteiger partial charge in [-0.2, -0.15) is 13.2 Å². The van der Waals surface area contributed by atoms with Gasteiger partial charge in [0.15, 0.2) is 0 Å². The maximum Gasteiger partial charge on any atom is 0.417 e. The summed E-state index contributed by atoms with van der Waals surface area (Å²) in [5.74, 6) is 0.342. The molecule has 6 nitrogen and oxygen atoms in total. The van der Waals surface area contributed by atoms with Crippen molar-refractivity contribution >= 4 is 22.3 Å². The van der Waals surface area contributed by atoms with Crippen LogP contribution in [0.4, 0.5) is 13.2 Å². The molecule has 0 saturated heterocycles. The molecule has 0 aliphatic rings. The Bertz CT molecular complexity index is 1160. The predicted octanol–water partition coefficient (Wildman–Crippen LogP) is 4.94. The number of rotatable bonds is 9. The number of aromatic nitrogens is 1. The van der Waals surface area contributed by atoms with E-state index in [0.29, 0.717) is 56.2 Å². The van der Waals surface area contributed by atoms with Crippen LogP contribution in [-0.2, 0) is 19.1 Å². The van der Waals surface area contributed by atoms with E-state index in [1.165, 1.54) is 22.1 Å². The molecule has 0 saturated carbocycles. The van der Waals surface area contributed by atoms with E-state index in [-0.39, 0.29) is 21.7 Å². The summed E-state index contributed by atoms with van der Waals surface area (Å²) < 4.78 is 52.3. The first-order valence-corrected chi connectivity index (χ1v) is 10.8. The zero-order valence-corrected chi connectivity index (χ0v) is 17.6. The van der Waals surface area contributed by atoms with E-state index >= 15 is 0 Å². The Labute approximate surface area is 179 Å². The summed E-state index contributed by atoms with van der Waals surface area (Å²) in [6.07, 6.45) is -1.59. The Balaban J connectivity index is 1.71. The number of hydrogen-bond acceptors (Lipinski definition) is 6. The molecule has 0 unspecified atom stereocenters.